The smallest absolute Gasteiger partial charge is 0.232 e. The van der Waals surface area contributed by atoms with Gasteiger partial charge in [-0.05, 0) is 37.5 Å². The Morgan fingerprint density at radius 2 is 2.15 bits per heavy atom. The summed E-state index contributed by atoms with van der Waals surface area (Å²) in [4.78, 5) is 17.7. The minimum Gasteiger partial charge on any atom is -0.302 e. The van der Waals surface area contributed by atoms with E-state index in [1.165, 1.54) is 21.9 Å². The van der Waals surface area contributed by atoms with Crippen molar-refractivity contribution in [1.29, 1.82) is 0 Å². The molecule has 0 bridgehead atoms. The van der Waals surface area contributed by atoms with Gasteiger partial charge in [-0.3, -0.25) is 9.10 Å². The fourth-order valence-electron chi connectivity index (χ4n) is 2.99. The fraction of sp³-hybridized carbons (Fsp3) is 0.444. The summed E-state index contributed by atoms with van der Waals surface area (Å²) in [5.41, 5.74) is 3.52. The van der Waals surface area contributed by atoms with E-state index in [2.05, 4.69) is 10.3 Å². The molecule has 8 heteroatoms. The normalized spacial score (nSPS) is 15.0. The molecule has 1 aromatic heterocycles. The van der Waals surface area contributed by atoms with Gasteiger partial charge in [0.15, 0.2) is 5.13 Å². The number of aryl methyl sites for hydroxylation is 1. The van der Waals surface area contributed by atoms with Crippen molar-refractivity contribution in [1.82, 2.24) is 4.98 Å². The van der Waals surface area contributed by atoms with Crippen LogP contribution >= 0.6 is 11.3 Å². The van der Waals surface area contributed by atoms with Gasteiger partial charge in [-0.15, -0.1) is 11.3 Å². The van der Waals surface area contributed by atoms with E-state index in [0.717, 1.165) is 33.8 Å². The van der Waals surface area contributed by atoms with Gasteiger partial charge in [0.25, 0.3) is 0 Å². The molecule has 2 heterocycles. The minimum absolute atomic E-state index is 0.0226. The second-order valence-electron chi connectivity index (χ2n) is 6.65. The highest BCUT2D eigenvalue weighted by molar-refractivity contribution is 7.92. The van der Waals surface area contributed by atoms with E-state index in [1.807, 2.05) is 39.0 Å². The maximum absolute atomic E-state index is 12.1. The van der Waals surface area contributed by atoms with Gasteiger partial charge in [0, 0.05) is 22.9 Å². The Labute approximate surface area is 158 Å². The third kappa shape index (κ3) is 3.61. The number of sulfonamides is 1. The SMILES string of the molecule is CC[C@@H](C)C(=O)Nc1nc(-c2ccc3c(c2)CCN3S(C)(=O)=O)c(C)s1. The Morgan fingerprint density at radius 1 is 1.42 bits per heavy atom. The number of rotatable bonds is 5. The van der Waals surface area contributed by atoms with Crippen molar-refractivity contribution in [2.45, 2.75) is 33.6 Å². The van der Waals surface area contributed by atoms with Gasteiger partial charge in [-0.2, -0.15) is 0 Å². The van der Waals surface area contributed by atoms with Crippen LogP contribution in [0.3, 0.4) is 0 Å². The average molecular weight is 394 g/mol. The highest BCUT2D eigenvalue weighted by Crippen LogP contribution is 2.36. The molecule has 3 rings (SSSR count). The van der Waals surface area contributed by atoms with Crippen molar-refractivity contribution in [3.63, 3.8) is 0 Å². The molecule has 6 nitrogen and oxygen atoms in total. The lowest BCUT2D eigenvalue weighted by atomic mass is 10.1. The summed E-state index contributed by atoms with van der Waals surface area (Å²) in [5.74, 6) is -0.0739. The number of fused-ring (bicyclic) bond motifs is 1. The van der Waals surface area contributed by atoms with Crippen LogP contribution in [0, 0.1) is 12.8 Å². The van der Waals surface area contributed by atoms with Gasteiger partial charge < -0.3 is 5.32 Å². The molecule has 1 aliphatic heterocycles. The van der Waals surface area contributed by atoms with Gasteiger partial charge >= 0.3 is 0 Å². The molecule has 0 fully saturated rings. The Hall–Kier alpha value is -1.93. The monoisotopic (exact) mass is 393 g/mol. The number of nitrogens with zero attached hydrogens (tertiary/aromatic N) is 2. The van der Waals surface area contributed by atoms with E-state index >= 15 is 0 Å². The van der Waals surface area contributed by atoms with Gasteiger partial charge in [-0.1, -0.05) is 19.9 Å². The Morgan fingerprint density at radius 3 is 2.81 bits per heavy atom. The van der Waals surface area contributed by atoms with Crippen molar-refractivity contribution in [3.8, 4) is 11.3 Å². The lowest BCUT2D eigenvalue weighted by molar-refractivity contribution is -0.119. The molecule has 0 spiro atoms. The first-order chi connectivity index (χ1) is 12.2. The van der Waals surface area contributed by atoms with E-state index in [-0.39, 0.29) is 11.8 Å². The lowest BCUT2D eigenvalue weighted by Crippen LogP contribution is -2.27. The number of nitrogens with one attached hydrogen (secondary N) is 1. The minimum atomic E-state index is -3.25. The van der Waals surface area contributed by atoms with Crippen molar-refractivity contribution >= 4 is 38.1 Å². The quantitative estimate of drug-likeness (QED) is 0.844. The zero-order valence-corrected chi connectivity index (χ0v) is 17.0. The van der Waals surface area contributed by atoms with E-state index in [4.69, 9.17) is 0 Å². The standard InChI is InChI=1S/C18H23N3O3S2/c1-5-11(2)17(22)20-18-19-16(12(3)25-18)14-6-7-15-13(10-14)8-9-21(15)26(4,23)24/h6-7,10-11H,5,8-9H2,1-4H3,(H,19,20,22)/t11-/m1/s1. The highest BCUT2D eigenvalue weighted by atomic mass is 32.2. The molecule has 0 saturated heterocycles. The topological polar surface area (TPSA) is 79.4 Å². The summed E-state index contributed by atoms with van der Waals surface area (Å²) < 4.78 is 25.2. The molecule has 1 N–H and O–H groups in total. The van der Waals surface area contributed by atoms with E-state index < -0.39 is 10.0 Å². The summed E-state index contributed by atoms with van der Waals surface area (Å²) >= 11 is 1.45. The van der Waals surface area contributed by atoms with E-state index in [9.17, 15) is 13.2 Å². The first-order valence-corrected chi connectivity index (χ1v) is 11.3. The Kier molecular flexibility index (Phi) is 5.07. The molecule has 0 radical (unpaired) electrons. The van der Waals surface area contributed by atoms with Gasteiger partial charge in [-0.25, -0.2) is 13.4 Å². The summed E-state index contributed by atoms with van der Waals surface area (Å²) in [7, 11) is -3.25. The average Bonchev–Trinajstić information content (AvgIpc) is 3.16. The molecule has 1 atom stereocenters. The van der Waals surface area contributed by atoms with Crippen LogP contribution in [0.25, 0.3) is 11.3 Å². The molecule has 1 aromatic carbocycles. The molecule has 140 valence electrons. The second kappa shape index (κ2) is 7.00. The Bertz CT molecular complexity index is 951. The number of carbonyl (C=O) groups excluding carboxylic acids is 1. The largest absolute Gasteiger partial charge is 0.302 e. The maximum Gasteiger partial charge on any atom is 0.232 e. The molecular formula is C18H23N3O3S2. The van der Waals surface area contributed by atoms with Crippen LogP contribution in [0.2, 0.25) is 0 Å². The summed E-state index contributed by atoms with van der Waals surface area (Å²) in [6, 6.07) is 5.74. The van der Waals surface area contributed by atoms with Crippen molar-refractivity contribution in [2.24, 2.45) is 5.92 Å². The Balaban J connectivity index is 1.88. The number of benzene rings is 1. The molecule has 26 heavy (non-hydrogen) atoms. The van der Waals surface area contributed by atoms with Gasteiger partial charge in [0.1, 0.15) is 0 Å². The van der Waals surface area contributed by atoms with Crippen LogP contribution in [-0.4, -0.2) is 32.1 Å². The van der Waals surface area contributed by atoms with Crippen molar-refractivity contribution in [2.75, 3.05) is 22.4 Å². The first-order valence-electron chi connectivity index (χ1n) is 8.60. The van der Waals surface area contributed by atoms with Gasteiger partial charge in [0.05, 0.1) is 17.6 Å². The van der Waals surface area contributed by atoms with Crippen LogP contribution in [0.15, 0.2) is 18.2 Å². The molecule has 2 aromatic rings. The van der Waals surface area contributed by atoms with Crippen molar-refractivity contribution in [3.05, 3.63) is 28.6 Å². The highest BCUT2D eigenvalue weighted by Gasteiger charge is 2.26. The maximum atomic E-state index is 12.1. The third-order valence-corrected chi connectivity index (χ3v) is 6.76. The first kappa shape index (κ1) is 18.8. The van der Waals surface area contributed by atoms with Crippen LogP contribution in [-0.2, 0) is 21.2 Å². The molecule has 0 unspecified atom stereocenters. The van der Waals surface area contributed by atoms with Crippen molar-refractivity contribution < 1.29 is 13.2 Å². The molecule has 0 saturated carbocycles. The number of thiazole rings is 1. The molecule has 0 aliphatic carbocycles. The number of amides is 1. The number of hydrogen-bond donors (Lipinski definition) is 1. The van der Waals surface area contributed by atoms with E-state index in [0.29, 0.717) is 18.1 Å². The summed E-state index contributed by atoms with van der Waals surface area (Å²) in [6.07, 6.45) is 2.70. The van der Waals surface area contributed by atoms with E-state index in [1.54, 1.807) is 0 Å². The number of aromatic nitrogens is 1. The van der Waals surface area contributed by atoms with Crippen LogP contribution in [0.4, 0.5) is 10.8 Å². The molecule has 1 amide bonds. The molecular weight excluding hydrogens is 370 g/mol. The summed E-state index contributed by atoms with van der Waals surface area (Å²) in [6.45, 7) is 6.32. The number of anilines is 2. The van der Waals surface area contributed by atoms with Crippen LogP contribution in [0.5, 0.6) is 0 Å². The molecule has 1 aliphatic rings. The predicted octanol–water partition coefficient (Wildman–Crippen LogP) is 3.43. The van der Waals surface area contributed by atoms with Crippen LogP contribution in [0.1, 0.15) is 30.7 Å². The second-order valence-corrected chi connectivity index (χ2v) is 9.76. The van der Waals surface area contributed by atoms with Gasteiger partial charge in [0.2, 0.25) is 15.9 Å². The van der Waals surface area contributed by atoms with Crippen LogP contribution < -0.4 is 9.62 Å². The third-order valence-electron chi connectivity index (χ3n) is 4.69. The zero-order valence-electron chi connectivity index (χ0n) is 15.4. The predicted molar refractivity (Wildman–Crippen MR) is 106 cm³/mol. The number of hydrogen-bond acceptors (Lipinski definition) is 5. The summed E-state index contributed by atoms with van der Waals surface area (Å²) in [5, 5.41) is 3.48. The lowest BCUT2D eigenvalue weighted by Gasteiger charge is -2.16. The number of carbonyl (C=O) groups is 1. The zero-order chi connectivity index (χ0) is 19.1. The fourth-order valence-corrected chi connectivity index (χ4v) is 4.79.